The molecule has 2 rings (SSSR count). The number of nitrogens with one attached hydrogen (secondary N) is 1. The zero-order chi connectivity index (χ0) is 17.2. The fourth-order valence-corrected chi connectivity index (χ4v) is 2.46. The van der Waals surface area contributed by atoms with E-state index in [0.717, 1.165) is 41.7 Å². The molecule has 0 aliphatic carbocycles. The second-order valence-electron chi connectivity index (χ2n) is 5.77. The van der Waals surface area contributed by atoms with Crippen LogP contribution in [0.2, 0.25) is 0 Å². The Morgan fingerprint density at radius 3 is 2.38 bits per heavy atom. The molecule has 0 bridgehead atoms. The standard InChI is InChI=1S/C19H28N2O3/c1-2-11-21-13-15(22)14-24-19-9-4-6-16-17(19)7-3-8-18(16)23-12-5-10-20/h3-4,6-9,15,21-22H,2,5,10-14,20H2,1H3. The highest BCUT2D eigenvalue weighted by Crippen LogP contribution is 2.32. The van der Waals surface area contributed by atoms with Gasteiger partial charge in [-0.05, 0) is 38.1 Å². The van der Waals surface area contributed by atoms with Crippen molar-refractivity contribution in [1.29, 1.82) is 0 Å². The topological polar surface area (TPSA) is 76.7 Å². The lowest BCUT2D eigenvalue weighted by Crippen LogP contribution is -2.31. The van der Waals surface area contributed by atoms with E-state index in [9.17, 15) is 5.11 Å². The highest BCUT2D eigenvalue weighted by Gasteiger charge is 2.09. The lowest BCUT2D eigenvalue weighted by Gasteiger charge is -2.15. The number of ether oxygens (including phenoxy) is 2. The van der Waals surface area contributed by atoms with E-state index in [1.54, 1.807) is 0 Å². The summed E-state index contributed by atoms with van der Waals surface area (Å²) in [6.07, 6.45) is 1.34. The summed E-state index contributed by atoms with van der Waals surface area (Å²) in [7, 11) is 0. The Bertz CT molecular complexity index is 619. The Morgan fingerprint density at radius 1 is 1.08 bits per heavy atom. The summed E-state index contributed by atoms with van der Waals surface area (Å²) in [5, 5.41) is 15.2. The molecular formula is C19H28N2O3. The maximum Gasteiger partial charge on any atom is 0.127 e. The molecule has 0 aliphatic heterocycles. The lowest BCUT2D eigenvalue weighted by molar-refractivity contribution is 0.107. The highest BCUT2D eigenvalue weighted by atomic mass is 16.5. The molecule has 2 aromatic rings. The van der Waals surface area contributed by atoms with Crippen LogP contribution >= 0.6 is 0 Å². The first-order chi connectivity index (χ1) is 11.8. The van der Waals surface area contributed by atoms with Crippen molar-refractivity contribution in [1.82, 2.24) is 5.32 Å². The Morgan fingerprint density at radius 2 is 1.75 bits per heavy atom. The molecule has 2 aromatic carbocycles. The van der Waals surface area contributed by atoms with Gasteiger partial charge in [0.05, 0.1) is 6.61 Å². The molecule has 5 heteroatoms. The summed E-state index contributed by atoms with van der Waals surface area (Å²) >= 11 is 0. The maximum absolute atomic E-state index is 9.98. The smallest absolute Gasteiger partial charge is 0.127 e. The van der Waals surface area contributed by atoms with E-state index in [1.807, 2.05) is 36.4 Å². The van der Waals surface area contributed by atoms with Crippen LogP contribution in [0.4, 0.5) is 0 Å². The van der Waals surface area contributed by atoms with Crippen molar-refractivity contribution in [2.75, 3.05) is 32.8 Å². The molecule has 4 N–H and O–H groups in total. The van der Waals surface area contributed by atoms with Crippen LogP contribution in [-0.4, -0.2) is 44.1 Å². The van der Waals surface area contributed by atoms with E-state index in [2.05, 4.69) is 12.2 Å². The molecule has 0 fully saturated rings. The van der Waals surface area contributed by atoms with Gasteiger partial charge in [0.25, 0.3) is 0 Å². The second-order valence-corrected chi connectivity index (χ2v) is 5.77. The van der Waals surface area contributed by atoms with E-state index in [0.29, 0.717) is 19.7 Å². The van der Waals surface area contributed by atoms with Gasteiger partial charge in [0.1, 0.15) is 24.2 Å². The van der Waals surface area contributed by atoms with Crippen molar-refractivity contribution in [2.45, 2.75) is 25.9 Å². The molecule has 0 amide bonds. The van der Waals surface area contributed by atoms with Gasteiger partial charge in [0.15, 0.2) is 0 Å². The van der Waals surface area contributed by atoms with Crippen LogP contribution in [0.15, 0.2) is 36.4 Å². The molecule has 0 saturated heterocycles. The quantitative estimate of drug-likeness (QED) is 0.551. The molecule has 1 atom stereocenters. The largest absolute Gasteiger partial charge is 0.493 e. The molecular weight excluding hydrogens is 304 g/mol. The van der Waals surface area contributed by atoms with Gasteiger partial charge < -0.3 is 25.6 Å². The van der Waals surface area contributed by atoms with Crippen molar-refractivity contribution in [2.24, 2.45) is 5.73 Å². The second kappa shape index (κ2) is 10.1. The Balaban J connectivity index is 2.04. The monoisotopic (exact) mass is 332 g/mol. The number of aliphatic hydroxyl groups is 1. The summed E-state index contributed by atoms with van der Waals surface area (Å²) in [6.45, 7) is 5.00. The van der Waals surface area contributed by atoms with E-state index in [1.165, 1.54) is 0 Å². The third kappa shape index (κ3) is 5.37. The van der Waals surface area contributed by atoms with Gasteiger partial charge in [0, 0.05) is 17.3 Å². The van der Waals surface area contributed by atoms with Gasteiger partial charge in [-0.15, -0.1) is 0 Å². The van der Waals surface area contributed by atoms with Crippen LogP contribution in [0.5, 0.6) is 11.5 Å². The molecule has 0 saturated carbocycles. The van der Waals surface area contributed by atoms with Gasteiger partial charge in [-0.2, -0.15) is 0 Å². The van der Waals surface area contributed by atoms with Crippen molar-refractivity contribution in [3.63, 3.8) is 0 Å². The fraction of sp³-hybridized carbons (Fsp3) is 0.474. The summed E-state index contributed by atoms with van der Waals surface area (Å²) < 4.78 is 11.6. The zero-order valence-corrected chi connectivity index (χ0v) is 14.3. The summed E-state index contributed by atoms with van der Waals surface area (Å²) in [4.78, 5) is 0. The first kappa shape index (κ1) is 18.5. The van der Waals surface area contributed by atoms with E-state index >= 15 is 0 Å². The van der Waals surface area contributed by atoms with Crippen molar-refractivity contribution < 1.29 is 14.6 Å². The minimum absolute atomic E-state index is 0.258. The number of rotatable bonds is 11. The average molecular weight is 332 g/mol. The first-order valence-electron chi connectivity index (χ1n) is 8.62. The highest BCUT2D eigenvalue weighted by molar-refractivity contribution is 5.93. The van der Waals surface area contributed by atoms with E-state index in [4.69, 9.17) is 15.2 Å². The predicted octanol–water partition coefficient (Wildman–Crippen LogP) is 2.31. The average Bonchev–Trinajstić information content (AvgIpc) is 2.60. The molecule has 0 aromatic heterocycles. The van der Waals surface area contributed by atoms with Gasteiger partial charge >= 0.3 is 0 Å². The van der Waals surface area contributed by atoms with Gasteiger partial charge in [-0.1, -0.05) is 31.2 Å². The number of hydrogen-bond donors (Lipinski definition) is 3. The minimum atomic E-state index is -0.532. The van der Waals surface area contributed by atoms with Crippen molar-refractivity contribution in [3.8, 4) is 11.5 Å². The zero-order valence-electron chi connectivity index (χ0n) is 14.3. The van der Waals surface area contributed by atoms with E-state index < -0.39 is 6.10 Å². The van der Waals surface area contributed by atoms with Crippen LogP contribution in [0, 0.1) is 0 Å². The fourth-order valence-electron chi connectivity index (χ4n) is 2.46. The van der Waals surface area contributed by atoms with Gasteiger partial charge in [0.2, 0.25) is 0 Å². The van der Waals surface area contributed by atoms with Crippen LogP contribution in [0.3, 0.4) is 0 Å². The lowest BCUT2D eigenvalue weighted by atomic mass is 10.1. The van der Waals surface area contributed by atoms with Crippen molar-refractivity contribution in [3.05, 3.63) is 36.4 Å². The third-order valence-electron chi connectivity index (χ3n) is 3.69. The molecule has 24 heavy (non-hydrogen) atoms. The third-order valence-corrected chi connectivity index (χ3v) is 3.69. The van der Waals surface area contributed by atoms with Crippen LogP contribution in [0.1, 0.15) is 19.8 Å². The Labute approximate surface area is 143 Å². The number of aliphatic hydroxyl groups excluding tert-OH is 1. The predicted molar refractivity (Wildman–Crippen MR) is 97.8 cm³/mol. The molecule has 0 aliphatic rings. The maximum atomic E-state index is 9.98. The summed E-state index contributed by atoms with van der Waals surface area (Å²) in [6, 6.07) is 11.8. The molecule has 0 spiro atoms. The first-order valence-corrected chi connectivity index (χ1v) is 8.62. The van der Waals surface area contributed by atoms with Crippen LogP contribution in [-0.2, 0) is 0 Å². The number of hydrogen-bond acceptors (Lipinski definition) is 5. The van der Waals surface area contributed by atoms with E-state index in [-0.39, 0.29) is 6.61 Å². The summed E-state index contributed by atoms with van der Waals surface area (Å²) in [5.74, 6) is 1.59. The molecule has 5 nitrogen and oxygen atoms in total. The number of nitrogens with two attached hydrogens (primary N) is 1. The van der Waals surface area contributed by atoms with Gasteiger partial charge in [-0.25, -0.2) is 0 Å². The molecule has 132 valence electrons. The Kier molecular flexibility index (Phi) is 7.82. The van der Waals surface area contributed by atoms with Gasteiger partial charge in [-0.3, -0.25) is 0 Å². The minimum Gasteiger partial charge on any atom is -0.493 e. The number of fused-ring (bicyclic) bond motifs is 1. The molecule has 0 radical (unpaired) electrons. The Hall–Kier alpha value is -1.82. The SMILES string of the molecule is CCCNCC(O)COc1cccc2c(OCCCN)cccc12. The molecule has 1 unspecified atom stereocenters. The van der Waals surface area contributed by atoms with Crippen molar-refractivity contribution >= 4 is 10.8 Å². The molecule has 0 heterocycles. The number of benzene rings is 2. The van der Waals surface area contributed by atoms with Crippen LogP contribution < -0.4 is 20.5 Å². The van der Waals surface area contributed by atoms with Crippen LogP contribution in [0.25, 0.3) is 10.8 Å². The summed E-state index contributed by atoms with van der Waals surface area (Å²) in [5.41, 5.74) is 5.51. The normalized spacial score (nSPS) is 12.3.